The molecule has 0 saturated carbocycles. The number of thioether (sulfide) groups is 1. The Labute approximate surface area is 103 Å². The van der Waals surface area contributed by atoms with E-state index in [0.29, 0.717) is 6.04 Å². The van der Waals surface area contributed by atoms with Gasteiger partial charge in [0.2, 0.25) is 0 Å². The predicted octanol–water partition coefficient (Wildman–Crippen LogP) is 2.97. The van der Waals surface area contributed by atoms with E-state index in [1.165, 1.54) is 17.2 Å². The molecule has 15 heavy (non-hydrogen) atoms. The van der Waals surface area contributed by atoms with Crippen LogP contribution in [-0.4, -0.2) is 24.1 Å². The maximum absolute atomic E-state index is 5.74. The average molecular weight is 287 g/mol. The van der Waals surface area contributed by atoms with Crippen LogP contribution in [0.15, 0.2) is 22.7 Å². The number of rotatable bonds is 1. The van der Waals surface area contributed by atoms with Crippen LogP contribution in [-0.2, 0) is 0 Å². The first-order chi connectivity index (χ1) is 7.18. The molecule has 82 valence electrons. The van der Waals surface area contributed by atoms with Gasteiger partial charge in [0.15, 0.2) is 0 Å². The summed E-state index contributed by atoms with van der Waals surface area (Å²) in [5.41, 5.74) is 7.81. The van der Waals surface area contributed by atoms with E-state index in [1.807, 2.05) is 23.9 Å². The van der Waals surface area contributed by atoms with Crippen molar-refractivity contribution in [1.82, 2.24) is 0 Å². The molecule has 1 fully saturated rings. The maximum atomic E-state index is 5.74. The van der Waals surface area contributed by atoms with Crippen LogP contribution in [0.25, 0.3) is 0 Å². The van der Waals surface area contributed by atoms with Gasteiger partial charge >= 0.3 is 0 Å². The van der Waals surface area contributed by atoms with E-state index in [1.54, 1.807) is 0 Å². The number of hydrogen-bond donors (Lipinski definition) is 1. The lowest BCUT2D eigenvalue weighted by Crippen LogP contribution is -2.40. The van der Waals surface area contributed by atoms with E-state index in [-0.39, 0.29) is 0 Å². The fourth-order valence-corrected chi connectivity index (χ4v) is 3.48. The Morgan fingerprint density at radius 3 is 3.00 bits per heavy atom. The molecule has 2 nitrogen and oxygen atoms in total. The molecule has 0 aromatic heterocycles. The number of anilines is 2. The van der Waals surface area contributed by atoms with E-state index in [4.69, 9.17) is 5.73 Å². The summed E-state index contributed by atoms with van der Waals surface area (Å²) >= 11 is 5.61. The molecule has 0 bridgehead atoms. The van der Waals surface area contributed by atoms with E-state index >= 15 is 0 Å². The van der Waals surface area contributed by atoms with Crippen molar-refractivity contribution in [3.63, 3.8) is 0 Å². The Kier molecular flexibility index (Phi) is 3.46. The lowest BCUT2D eigenvalue weighted by Gasteiger charge is -2.35. The molecule has 2 rings (SSSR count). The molecule has 0 spiro atoms. The van der Waals surface area contributed by atoms with Crippen LogP contribution < -0.4 is 10.6 Å². The molecule has 0 aliphatic carbocycles. The summed E-state index contributed by atoms with van der Waals surface area (Å²) in [5, 5.41) is 0. The second-order valence-corrected chi connectivity index (χ2v) is 5.83. The Hall–Kier alpha value is -0.350. The number of nitrogens with zero attached hydrogens (tertiary/aromatic N) is 1. The van der Waals surface area contributed by atoms with Crippen LogP contribution in [0.1, 0.15) is 6.92 Å². The van der Waals surface area contributed by atoms with Crippen molar-refractivity contribution in [2.45, 2.75) is 13.0 Å². The van der Waals surface area contributed by atoms with Gasteiger partial charge in [-0.15, -0.1) is 0 Å². The first-order valence-corrected chi connectivity index (χ1v) is 7.02. The fraction of sp³-hybridized carbons (Fsp3) is 0.455. The second-order valence-electron chi connectivity index (χ2n) is 3.83. The summed E-state index contributed by atoms with van der Waals surface area (Å²) < 4.78 is 1.10. The van der Waals surface area contributed by atoms with Crippen LogP contribution in [0.3, 0.4) is 0 Å². The fourth-order valence-electron chi connectivity index (χ4n) is 1.84. The monoisotopic (exact) mass is 286 g/mol. The van der Waals surface area contributed by atoms with Crippen LogP contribution in [0.5, 0.6) is 0 Å². The quantitative estimate of drug-likeness (QED) is 0.805. The molecule has 1 aromatic carbocycles. The van der Waals surface area contributed by atoms with E-state index in [2.05, 4.69) is 33.8 Å². The molecule has 1 aliphatic rings. The van der Waals surface area contributed by atoms with Crippen molar-refractivity contribution in [3.8, 4) is 0 Å². The minimum Gasteiger partial charge on any atom is -0.399 e. The summed E-state index contributed by atoms with van der Waals surface area (Å²) in [6, 6.07) is 6.65. The summed E-state index contributed by atoms with van der Waals surface area (Å²) in [6.45, 7) is 3.39. The summed E-state index contributed by atoms with van der Waals surface area (Å²) in [6.07, 6.45) is 0. The van der Waals surface area contributed by atoms with Crippen molar-refractivity contribution < 1.29 is 0 Å². The lowest BCUT2D eigenvalue weighted by molar-refractivity contribution is 0.699. The van der Waals surface area contributed by atoms with Crippen molar-refractivity contribution in [1.29, 1.82) is 0 Å². The van der Waals surface area contributed by atoms with Gasteiger partial charge in [0, 0.05) is 34.3 Å². The van der Waals surface area contributed by atoms with Crippen molar-refractivity contribution >= 4 is 39.1 Å². The van der Waals surface area contributed by atoms with Gasteiger partial charge in [-0.1, -0.05) is 0 Å². The third kappa shape index (κ3) is 2.42. The lowest BCUT2D eigenvalue weighted by atomic mass is 10.2. The van der Waals surface area contributed by atoms with Gasteiger partial charge in [0.25, 0.3) is 0 Å². The van der Waals surface area contributed by atoms with E-state index in [9.17, 15) is 0 Å². The summed E-state index contributed by atoms with van der Waals surface area (Å²) in [5.74, 6) is 2.41. The van der Waals surface area contributed by atoms with Gasteiger partial charge in [-0.3, -0.25) is 0 Å². The first kappa shape index (κ1) is 11.1. The van der Waals surface area contributed by atoms with E-state index in [0.717, 1.165) is 16.7 Å². The van der Waals surface area contributed by atoms with Crippen LogP contribution in [0.4, 0.5) is 11.4 Å². The third-order valence-electron chi connectivity index (χ3n) is 2.65. The first-order valence-electron chi connectivity index (χ1n) is 5.08. The normalized spacial score (nSPS) is 21.7. The van der Waals surface area contributed by atoms with Gasteiger partial charge in [-0.05, 0) is 41.1 Å². The number of hydrogen-bond acceptors (Lipinski definition) is 3. The van der Waals surface area contributed by atoms with Crippen LogP contribution in [0.2, 0.25) is 0 Å². The van der Waals surface area contributed by atoms with Crippen LogP contribution in [0, 0.1) is 0 Å². The highest BCUT2D eigenvalue weighted by Crippen LogP contribution is 2.32. The number of nitrogen functional groups attached to an aromatic ring is 1. The third-order valence-corrected chi connectivity index (χ3v) is 4.47. The van der Waals surface area contributed by atoms with E-state index < -0.39 is 0 Å². The Morgan fingerprint density at radius 2 is 2.33 bits per heavy atom. The zero-order chi connectivity index (χ0) is 10.8. The summed E-state index contributed by atoms with van der Waals surface area (Å²) in [4.78, 5) is 2.44. The highest BCUT2D eigenvalue weighted by molar-refractivity contribution is 9.10. The molecule has 1 atom stereocenters. The molecule has 0 radical (unpaired) electrons. The van der Waals surface area contributed by atoms with Gasteiger partial charge < -0.3 is 10.6 Å². The van der Waals surface area contributed by atoms with Crippen molar-refractivity contribution in [3.05, 3.63) is 22.7 Å². The maximum Gasteiger partial charge on any atom is 0.0515 e. The molecule has 2 N–H and O–H groups in total. The molecule has 1 unspecified atom stereocenters. The Balaban J connectivity index is 2.27. The van der Waals surface area contributed by atoms with Crippen molar-refractivity contribution in [2.75, 3.05) is 28.7 Å². The predicted molar refractivity (Wildman–Crippen MR) is 72.7 cm³/mol. The molecule has 1 aromatic rings. The highest BCUT2D eigenvalue weighted by Gasteiger charge is 2.20. The zero-order valence-electron chi connectivity index (χ0n) is 8.74. The van der Waals surface area contributed by atoms with Gasteiger partial charge in [0.05, 0.1) is 5.69 Å². The summed E-state index contributed by atoms with van der Waals surface area (Å²) in [7, 11) is 0. The minimum absolute atomic E-state index is 0.601. The molecular formula is C11H15BrN2S. The molecule has 4 heteroatoms. The number of halogens is 1. The van der Waals surface area contributed by atoms with Gasteiger partial charge in [0.1, 0.15) is 0 Å². The molecule has 1 saturated heterocycles. The largest absolute Gasteiger partial charge is 0.399 e. The second kappa shape index (κ2) is 4.66. The smallest absolute Gasteiger partial charge is 0.0515 e. The molecular weight excluding hydrogens is 272 g/mol. The molecule has 1 heterocycles. The zero-order valence-corrected chi connectivity index (χ0v) is 11.1. The Morgan fingerprint density at radius 1 is 1.53 bits per heavy atom. The van der Waals surface area contributed by atoms with Crippen LogP contribution >= 0.6 is 27.7 Å². The SMILES string of the molecule is CC1CSCCN1c1ccc(N)cc1Br. The molecule has 0 amide bonds. The van der Waals surface area contributed by atoms with Crippen molar-refractivity contribution in [2.24, 2.45) is 0 Å². The molecule has 1 aliphatic heterocycles. The standard InChI is InChI=1S/C11H15BrN2S/c1-8-7-15-5-4-14(8)11-3-2-9(13)6-10(11)12/h2-3,6,8H,4-5,7,13H2,1H3. The van der Waals surface area contributed by atoms with Gasteiger partial charge in [-0.2, -0.15) is 11.8 Å². The van der Waals surface area contributed by atoms with Gasteiger partial charge in [-0.25, -0.2) is 0 Å². The minimum atomic E-state index is 0.601. The Bertz CT molecular complexity index is 356. The highest BCUT2D eigenvalue weighted by atomic mass is 79.9. The topological polar surface area (TPSA) is 29.3 Å². The average Bonchev–Trinajstić information content (AvgIpc) is 2.20. The number of benzene rings is 1. The number of nitrogens with two attached hydrogens (primary N) is 1.